The van der Waals surface area contributed by atoms with E-state index in [9.17, 15) is 14.7 Å². The quantitative estimate of drug-likeness (QED) is 0.889. The largest absolute Gasteiger partial charge is 0.486 e. The Kier molecular flexibility index (Phi) is 3.48. The molecule has 0 aromatic carbocycles. The standard InChI is InChI=1S/C13H17N3O4S/c1-20-9-5-14-11(21-9)15-12(19)16-6-8-3-2-4-13(8,7-16)10(17)18/h5,8H,2-4,6-7H2,1H3,(H,17,18)(H,14,15,19)/t8-,13+/m0/s1. The molecule has 7 nitrogen and oxygen atoms in total. The van der Waals surface area contributed by atoms with Gasteiger partial charge in [-0.1, -0.05) is 17.8 Å². The molecule has 2 heterocycles. The molecule has 1 aromatic rings. The van der Waals surface area contributed by atoms with E-state index in [2.05, 4.69) is 10.3 Å². The summed E-state index contributed by atoms with van der Waals surface area (Å²) >= 11 is 1.24. The summed E-state index contributed by atoms with van der Waals surface area (Å²) in [5.41, 5.74) is -0.752. The van der Waals surface area contributed by atoms with E-state index >= 15 is 0 Å². The van der Waals surface area contributed by atoms with Crippen LogP contribution in [0.15, 0.2) is 6.20 Å². The third-order valence-electron chi connectivity index (χ3n) is 4.48. The molecule has 0 radical (unpaired) electrons. The van der Waals surface area contributed by atoms with E-state index in [0.29, 0.717) is 23.2 Å². The molecule has 2 fully saturated rings. The summed E-state index contributed by atoms with van der Waals surface area (Å²) in [5.74, 6) is -0.720. The fourth-order valence-corrected chi connectivity index (χ4v) is 4.00. The number of carboxylic acid groups (broad SMARTS) is 1. The molecular formula is C13H17N3O4S. The van der Waals surface area contributed by atoms with Crippen LogP contribution in [0.3, 0.4) is 0 Å². The number of carbonyl (C=O) groups is 2. The molecule has 0 bridgehead atoms. The van der Waals surface area contributed by atoms with Gasteiger partial charge >= 0.3 is 12.0 Å². The van der Waals surface area contributed by atoms with E-state index in [4.69, 9.17) is 4.74 Å². The third-order valence-corrected chi connectivity index (χ3v) is 5.36. The number of amides is 2. The highest BCUT2D eigenvalue weighted by Gasteiger charge is 2.55. The van der Waals surface area contributed by atoms with Crippen molar-refractivity contribution in [1.29, 1.82) is 0 Å². The van der Waals surface area contributed by atoms with Crippen LogP contribution in [0.1, 0.15) is 19.3 Å². The van der Waals surface area contributed by atoms with Crippen LogP contribution in [0.25, 0.3) is 0 Å². The first-order chi connectivity index (χ1) is 10.0. The number of hydrogen-bond donors (Lipinski definition) is 2. The highest BCUT2D eigenvalue weighted by atomic mass is 32.1. The fourth-order valence-electron chi connectivity index (χ4n) is 3.38. The van der Waals surface area contributed by atoms with Crippen molar-refractivity contribution in [2.75, 3.05) is 25.5 Å². The van der Waals surface area contributed by atoms with Crippen LogP contribution >= 0.6 is 11.3 Å². The van der Waals surface area contributed by atoms with Gasteiger partial charge in [0.1, 0.15) is 0 Å². The molecule has 8 heteroatoms. The number of carboxylic acids is 1. The first-order valence-corrected chi connectivity index (χ1v) is 7.66. The van der Waals surface area contributed by atoms with E-state index in [1.54, 1.807) is 4.90 Å². The number of urea groups is 1. The van der Waals surface area contributed by atoms with Gasteiger partial charge in [-0.25, -0.2) is 9.78 Å². The van der Waals surface area contributed by atoms with E-state index < -0.39 is 11.4 Å². The average Bonchev–Trinajstić information content (AvgIpc) is 3.11. The van der Waals surface area contributed by atoms with Crippen LogP contribution in [0, 0.1) is 11.3 Å². The second-order valence-electron chi connectivity index (χ2n) is 5.55. The lowest BCUT2D eigenvalue weighted by Gasteiger charge is -2.23. The van der Waals surface area contributed by atoms with Crippen LogP contribution in [0.4, 0.5) is 9.93 Å². The smallest absolute Gasteiger partial charge is 0.323 e. The third kappa shape index (κ3) is 2.33. The van der Waals surface area contributed by atoms with E-state index in [1.807, 2.05) is 0 Å². The molecule has 2 aliphatic rings. The summed E-state index contributed by atoms with van der Waals surface area (Å²) in [6.45, 7) is 0.780. The Labute approximate surface area is 125 Å². The lowest BCUT2D eigenvalue weighted by Crippen LogP contribution is -2.38. The highest BCUT2D eigenvalue weighted by Crippen LogP contribution is 2.49. The van der Waals surface area contributed by atoms with Gasteiger partial charge in [-0.2, -0.15) is 0 Å². The lowest BCUT2D eigenvalue weighted by atomic mass is 9.81. The molecule has 1 saturated heterocycles. The summed E-state index contributed by atoms with van der Waals surface area (Å²) in [5, 5.41) is 13.3. The number of carbonyl (C=O) groups excluding carboxylic acids is 1. The summed E-state index contributed by atoms with van der Waals surface area (Å²) in [7, 11) is 1.54. The van der Waals surface area contributed by atoms with Gasteiger partial charge in [0, 0.05) is 13.1 Å². The molecule has 0 spiro atoms. The van der Waals surface area contributed by atoms with Gasteiger partial charge in [0.25, 0.3) is 0 Å². The molecule has 21 heavy (non-hydrogen) atoms. The van der Waals surface area contributed by atoms with Crippen molar-refractivity contribution in [3.8, 4) is 5.06 Å². The summed E-state index contributed by atoms with van der Waals surface area (Å²) in [4.78, 5) is 29.5. The number of hydrogen-bond acceptors (Lipinski definition) is 5. The van der Waals surface area contributed by atoms with E-state index in [1.165, 1.54) is 24.6 Å². The van der Waals surface area contributed by atoms with Crippen molar-refractivity contribution >= 4 is 28.5 Å². The number of aliphatic carboxylic acids is 1. The number of likely N-dealkylation sites (tertiary alicyclic amines) is 1. The summed E-state index contributed by atoms with van der Waals surface area (Å²) in [6, 6.07) is -0.290. The van der Waals surface area contributed by atoms with Crippen LogP contribution in [-0.2, 0) is 4.79 Å². The Morgan fingerprint density at radius 2 is 2.43 bits per heavy atom. The minimum absolute atomic E-state index is 0.0616. The van der Waals surface area contributed by atoms with E-state index in [-0.39, 0.29) is 18.5 Å². The number of fused-ring (bicyclic) bond motifs is 1. The molecular weight excluding hydrogens is 294 g/mol. The van der Waals surface area contributed by atoms with Crippen LogP contribution in [0.5, 0.6) is 5.06 Å². The van der Waals surface area contributed by atoms with Crippen LogP contribution in [-0.4, -0.2) is 47.2 Å². The van der Waals surface area contributed by atoms with Crippen molar-refractivity contribution in [2.24, 2.45) is 11.3 Å². The predicted molar refractivity (Wildman–Crippen MR) is 76.7 cm³/mol. The average molecular weight is 311 g/mol. The first-order valence-electron chi connectivity index (χ1n) is 6.84. The minimum Gasteiger partial charge on any atom is -0.486 e. The van der Waals surface area contributed by atoms with Crippen molar-refractivity contribution in [3.63, 3.8) is 0 Å². The summed E-state index contributed by atoms with van der Waals surface area (Å²) in [6.07, 6.45) is 4.00. The van der Waals surface area contributed by atoms with Crippen molar-refractivity contribution in [3.05, 3.63) is 6.20 Å². The number of methoxy groups -OCH3 is 1. The van der Waals surface area contributed by atoms with Crippen molar-refractivity contribution in [2.45, 2.75) is 19.3 Å². The molecule has 0 unspecified atom stereocenters. The van der Waals surface area contributed by atoms with Gasteiger partial charge in [0.2, 0.25) is 0 Å². The minimum atomic E-state index is -0.781. The Morgan fingerprint density at radius 1 is 1.62 bits per heavy atom. The van der Waals surface area contributed by atoms with Gasteiger partial charge in [-0.15, -0.1) is 0 Å². The number of rotatable bonds is 3. The molecule has 2 atom stereocenters. The number of nitrogens with zero attached hydrogens (tertiary/aromatic N) is 2. The highest BCUT2D eigenvalue weighted by molar-refractivity contribution is 7.17. The maximum atomic E-state index is 12.3. The Balaban J connectivity index is 1.68. The maximum absolute atomic E-state index is 12.3. The second-order valence-corrected chi connectivity index (χ2v) is 6.54. The number of nitrogens with one attached hydrogen (secondary N) is 1. The predicted octanol–water partition coefficient (Wildman–Crippen LogP) is 1.87. The fraction of sp³-hybridized carbons (Fsp3) is 0.615. The molecule has 1 aliphatic carbocycles. The molecule has 3 rings (SSSR count). The monoisotopic (exact) mass is 311 g/mol. The maximum Gasteiger partial charge on any atom is 0.323 e. The van der Waals surface area contributed by atoms with Gasteiger partial charge in [0.05, 0.1) is 18.7 Å². The zero-order chi connectivity index (χ0) is 15.0. The van der Waals surface area contributed by atoms with Crippen LogP contribution in [0.2, 0.25) is 0 Å². The number of thiazole rings is 1. The first kappa shape index (κ1) is 14.1. The number of anilines is 1. The molecule has 2 amide bonds. The topological polar surface area (TPSA) is 91.8 Å². The Hall–Kier alpha value is -1.83. The summed E-state index contributed by atoms with van der Waals surface area (Å²) < 4.78 is 5.02. The second kappa shape index (κ2) is 5.18. The number of aromatic nitrogens is 1. The Morgan fingerprint density at radius 3 is 3.05 bits per heavy atom. The van der Waals surface area contributed by atoms with Crippen LogP contribution < -0.4 is 10.1 Å². The molecule has 1 aliphatic heterocycles. The van der Waals surface area contributed by atoms with Crippen molar-refractivity contribution < 1.29 is 19.4 Å². The Bertz CT molecular complexity index is 576. The van der Waals surface area contributed by atoms with Gasteiger partial charge in [-0.05, 0) is 18.8 Å². The van der Waals surface area contributed by atoms with Gasteiger partial charge < -0.3 is 14.7 Å². The zero-order valence-electron chi connectivity index (χ0n) is 11.7. The van der Waals surface area contributed by atoms with Crippen molar-refractivity contribution in [1.82, 2.24) is 9.88 Å². The molecule has 2 N–H and O–H groups in total. The van der Waals surface area contributed by atoms with Gasteiger partial charge in [-0.3, -0.25) is 10.1 Å². The number of ether oxygens (including phenoxy) is 1. The molecule has 114 valence electrons. The lowest BCUT2D eigenvalue weighted by molar-refractivity contribution is -0.149. The normalized spacial score (nSPS) is 27.5. The molecule has 1 aromatic heterocycles. The van der Waals surface area contributed by atoms with Gasteiger partial charge in [0.15, 0.2) is 10.2 Å². The van der Waals surface area contributed by atoms with E-state index in [0.717, 1.165) is 12.8 Å². The zero-order valence-corrected chi connectivity index (χ0v) is 12.5. The molecule has 1 saturated carbocycles. The SMILES string of the molecule is COc1cnc(NC(=O)N2C[C@@H]3CCC[C@@]3(C(=O)O)C2)s1.